The fourth-order valence-electron chi connectivity index (χ4n) is 2.98. The van der Waals surface area contributed by atoms with Crippen LogP contribution in [0.4, 0.5) is 0 Å². The van der Waals surface area contributed by atoms with Gasteiger partial charge in [-0.1, -0.05) is 64.7 Å². The van der Waals surface area contributed by atoms with Crippen LogP contribution in [0.1, 0.15) is 92.6 Å². The van der Waals surface area contributed by atoms with E-state index in [-0.39, 0.29) is 0 Å². The number of hydrogen-bond donors (Lipinski definition) is 0. The summed E-state index contributed by atoms with van der Waals surface area (Å²) in [4.78, 5) is 11.0. The van der Waals surface area contributed by atoms with Crippen molar-refractivity contribution in [3.05, 3.63) is 28.8 Å². The second-order valence-electron chi connectivity index (χ2n) is 6.62. The lowest BCUT2D eigenvalue weighted by Gasteiger charge is -2.10. The molecule has 0 aliphatic heterocycles. The number of hydrogen-bond acceptors (Lipinski definition) is 2. The van der Waals surface area contributed by atoms with Crippen molar-refractivity contribution in [3.63, 3.8) is 0 Å². The van der Waals surface area contributed by atoms with Gasteiger partial charge in [0.25, 0.3) is 0 Å². The summed E-state index contributed by atoms with van der Waals surface area (Å²) in [7, 11) is 0. The Bertz CT molecular complexity index is 428. The Labute approximate surface area is 142 Å². The topological polar surface area (TPSA) is 26.3 Å². The van der Waals surface area contributed by atoms with Crippen molar-refractivity contribution in [1.82, 2.24) is 0 Å². The zero-order valence-electron chi connectivity index (χ0n) is 15.3. The molecule has 0 aliphatic carbocycles. The van der Waals surface area contributed by atoms with Gasteiger partial charge in [0.1, 0.15) is 5.75 Å². The molecule has 0 saturated carbocycles. The molecular formula is C21H34O2. The molecule has 0 fully saturated rings. The average molecular weight is 319 g/mol. The summed E-state index contributed by atoms with van der Waals surface area (Å²) in [5, 5.41) is 0. The van der Waals surface area contributed by atoms with Crippen molar-refractivity contribution < 1.29 is 9.53 Å². The van der Waals surface area contributed by atoms with Gasteiger partial charge in [-0.15, -0.1) is 0 Å². The van der Waals surface area contributed by atoms with Crippen LogP contribution in [0.15, 0.2) is 12.1 Å². The predicted octanol–water partition coefficient (Wildman–Crippen LogP) is 6.42. The zero-order chi connectivity index (χ0) is 16.9. The van der Waals surface area contributed by atoms with E-state index in [0.717, 1.165) is 41.8 Å². The van der Waals surface area contributed by atoms with Crippen molar-refractivity contribution >= 4 is 6.29 Å². The van der Waals surface area contributed by atoms with Crippen LogP contribution in [0.5, 0.6) is 5.75 Å². The molecule has 23 heavy (non-hydrogen) atoms. The van der Waals surface area contributed by atoms with Crippen molar-refractivity contribution in [1.29, 1.82) is 0 Å². The van der Waals surface area contributed by atoms with Crippen LogP contribution in [-0.2, 0) is 0 Å². The number of unbranched alkanes of at least 4 members (excludes halogenated alkanes) is 9. The Hall–Kier alpha value is -1.31. The van der Waals surface area contributed by atoms with Crippen LogP contribution < -0.4 is 4.74 Å². The maximum Gasteiger partial charge on any atom is 0.150 e. The van der Waals surface area contributed by atoms with Gasteiger partial charge in [0.2, 0.25) is 0 Å². The molecule has 2 heteroatoms. The van der Waals surface area contributed by atoms with Gasteiger partial charge in [-0.05, 0) is 43.5 Å². The second-order valence-corrected chi connectivity index (χ2v) is 6.62. The smallest absolute Gasteiger partial charge is 0.150 e. The van der Waals surface area contributed by atoms with Crippen molar-refractivity contribution in [2.75, 3.05) is 6.61 Å². The van der Waals surface area contributed by atoms with E-state index in [9.17, 15) is 4.79 Å². The van der Waals surface area contributed by atoms with Gasteiger partial charge >= 0.3 is 0 Å². The van der Waals surface area contributed by atoms with E-state index in [0.29, 0.717) is 0 Å². The number of aryl methyl sites for hydroxylation is 2. The Morgan fingerprint density at radius 2 is 1.30 bits per heavy atom. The summed E-state index contributed by atoms with van der Waals surface area (Å²) in [6, 6.07) is 3.93. The van der Waals surface area contributed by atoms with Crippen LogP contribution in [0.2, 0.25) is 0 Å². The first-order valence-corrected chi connectivity index (χ1v) is 9.38. The van der Waals surface area contributed by atoms with E-state index in [4.69, 9.17) is 4.74 Å². The number of carbonyl (C=O) groups is 1. The van der Waals surface area contributed by atoms with E-state index in [2.05, 4.69) is 6.92 Å². The SMILES string of the molecule is CCCCCCCCCCCCOc1cc(C)c(C=O)c(C)c1. The van der Waals surface area contributed by atoms with Crippen molar-refractivity contribution in [2.24, 2.45) is 0 Å². The van der Waals surface area contributed by atoms with Crippen molar-refractivity contribution in [2.45, 2.75) is 85.0 Å². The van der Waals surface area contributed by atoms with Crippen LogP contribution >= 0.6 is 0 Å². The molecule has 1 aromatic carbocycles. The van der Waals surface area contributed by atoms with Gasteiger partial charge in [0.05, 0.1) is 6.61 Å². The van der Waals surface area contributed by atoms with Crippen LogP contribution in [0, 0.1) is 13.8 Å². The molecule has 1 aromatic rings. The molecule has 0 bridgehead atoms. The summed E-state index contributed by atoms with van der Waals surface area (Å²) >= 11 is 0. The molecular weight excluding hydrogens is 284 g/mol. The highest BCUT2D eigenvalue weighted by Gasteiger charge is 2.04. The van der Waals surface area contributed by atoms with E-state index in [1.54, 1.807) is 0 Å². The molecule has 0 aromatic heterocycles. The van der Waals surface area contributed by atoms with E-state index >= 15 is 0 Å². The summed E-state index contributed by atoms with van der Waals surface area (Å²) in [6.45, 7) is 6.96. The largest absolute Gasteiger partial charge is 0.494 e. The van der Waals surface area contributed by atoms with E-state index in [1.807, 2.05) is 26.0 Å². The molecule has 0 N–H and O–H groups in total. The molecule has 0 spiro atoms. The zero-order valence-corrected chi connectivity index (χ0v) is 15.3. The predicted molar refractivity (Wildman–Crippen MR) is 98.6 cm³/mol. The van der Waals surface area contributed by atoms with Gasteiger partial charge in [-0.25, -0.2) is 0 Å². The molecule has 130 valence electrons. The standard InChI is InChI=1S/C21H34O2/c1-4-5-6-7-8-9-10-11-12-13-14-23-20-15-18(2)21(17-22)19(3)16-20/h15-17H,4-14H2,1-3H3. The number of aldehydes is 1. The second kappa shape index (κ2) is 12.2. The van der Waals surface area contributed by atoms with Crippen molar-refractivity contribution in [3.8, 4) is 5.75 Å². The number of ether oxygens (including phenoxy) is 1. The Kier molecular flexibility index (Phi) is 10.4. The normalized spacial score (nSPS) is 10.7. The highest BCUT2D eigenvalue weighted by Crippen LogP contribution is 2.21. The minimum atomic E-state index is 0.774. The molecule has 0 heterocycles. The number of carbonyl (C=O) groups excluding carboxylic acids is 1. The highest BCUT2D eigenvalue weighted by atomic mass is 16.5. The molecule has 0 amide bonds. The molecule has 0 radical (unpaired) electrons. The quantitative estimate of drug-likeness (QED) is 0.310. The lowest BCUT2D eigenvalue weighted by Crippen LogP contribution is -2.00. The minimum absolute atomic E-state index is 0.774. The first-order chi connectivity index (χ1) is 11.2. The van der Waals surface area contributed by atoms with Crippen LogP contribution in [0.25, 0.3) is 0 Å². The van der Waals surface area contributed by atoms with E-state index < -0.39 is 0 Å². The molecule has 0 unspecified atom stereocenters. The van der Waals surface area contributed by atoms with Gasteiger partial charge in [0.15, 0.2) is 6.29 Å². The Morgan fingerprint density at radius 1 is 0.826 bits per heavy atom. The maximum absolute atomic E-state index is 11.0. The minimum Gasteiger partial charge on any atom is -0.494 e. The number of benzene rings is 1. The molecule has 0 saturated heterocycles. The van der Waals surface area contributed by atoms with Gasteiger partial charge in [-0.2, -0.15) is 0 Å². The van der Waals surface area contributed by atoms with Gasteiger partial charge in [-0.3, -0.25) is 4.79 Å². The lowest BCUT2D eigenvalue weighted by atomic mass is 10.0. The monoisotopic (exact) mass is 318 g/mol. The molecule has 0 atom stereocenters. The summed E-state index contributed by atoms with van der Waals surface area (Å²) < 4.78 is 5.82. The van der Waals surface area contributed by atoms with Gasteiger partial charge < -0.3 is 4.74 Å². The summed E-state index contributed by atoms with van der Waals surface area (Å²) in [6.07, 6.45) is 14.3. The fourth-order valence-corrected chi connectivity index (χ4v) is 2.98. The van der Waals surface area contributed by atoms with Crippen LogP contribution in [-0.4, -0.2) is 12.9 Å². The first-order valence-electron chi connectivity index (χ1n) is 9.38. The fraction of sp³-hybridized carbons (Fsp3) is 0.667. The summed E-state index contributed by atoms with van der Waals surface area (Å²) in [5.74, 6) is 0.890. The Morgan fingerprint density at radius 3 is 1.78 bits per heavy atom. The average Bonchev–Trinajstić information content (AvgIpc) is 2.52. The molecule has 1 rings (SSSR count). The third kappa shape index (κ3) is 8.20. The van der Waals surface area contributed by atoms with E-state index in [1.165, 1.54) is 57.8 Å². The lowest BCUT2D eigenvalue weighted by molar-refractivity contribution is 0.112. The third-order valence-electron chi connectivity index (χ3n) is 4.45. The Balaban J connectivity index is 2.06. The van der Waals surface area contributed by atoms with Crippen LogP contribution in [0.3, 0.4) is 0 Å². The third-order valence-corrected chi connectivity index (χ3v) is 4.45. The molecule has 2 nitrogen and oxygen atoms in total. The molecule has 0 aliphatic rings. The highest BCUT2D eigenvalue weighted by molar-refractivity contribution is 5.80. The first kappa shape index (κ1) is 19.7. The summed E-state index contributed by atoms with van der Waals surface area (Å²) in [5.41, 5.74) is 2.78. The number of rotatable bonds is 13. The maximum atomic E-state index is 11.0. The van der Waals surface area contributed by atoms with Gasteiger partial charge in [0, 0.05) is 5.56 Å².